The van der Waals surface area contributed by atoms with E-state index in [1.807, 2.05) is 6.20 Å². The molecule has 1 unspecified atom stereocenters. The normalized spacial score (nSPS) is 22.7. The van der Waals surface area contributed by atoms with E-state index < -0.39 is 5.54 Å². The van der Waals surface area contributed by atoms with Gasteiger partial charge in [-0.2, -0.15) is 0 Å². The molecule has 0 bridgehead atoms. The largest absolute Gasteiger partial charge is 0.343 e. The number of aromatic nitrogens is 2. The van der Waals surface area contributed by atoms with Crippen LogP contribution in [-0.2, 0) is 10.3 Å². The van der Waals surface area contributed by atoms with Crippen molar-refractivity contribution in [1.29, 1.82) is 0 Å². The number of nitrogens with zero attached hydrogens (tertiary/aromatic N) is 4. The van der Waals surface area contributed by atoms with Gasteiger partial charge in [-0.15, -0.1) is 0 Å². The first-order chi connectivity index (χ1) is 17.2. The standard InChI is InChI=1S/C29H33BrN4O/c30-23-10-8-22(9-11-23)29(26-7-3-2-6-25(26)28-31-16-21-34(28)29)15-12-27(35)33-19-13-24(14-20-33)32-17-4-1-5-18-32/h2-3,6-11,16,21,24H,1,4-5,12-15,17-20H2. The van der Waals surface area contributed by atoms with Crippen LogP contribution in [0.25, 0.3) is 11.4 Å². The lowest BCUT2D eigenvalue weighted by atomic mass is 9.79. The predicted octanol–water partition coefficient (Wildman–Crippen LogP) is 5.68. The first kappa shape index (κ1) is 23.0. The van der Waals surface area contributed by atoms with Gasteiger partial charge in [-0.25, -0.2) is 4.98 Å². The molecule has 0 radical (unpaired) electrons. The van der Waals surface area contributed by atoms with Gasteiger partial charge in [-0.3, -0.25) is 4.79 Å². The fourth-order valence-corrected chi connectivity index (χ4v) is 6.87. The molecular formula is C29H33BrN4O. The van der Waals surface area contributed by atoms with Gasteiger partial charge >= 0.3 is 0 Å². The molecule has 5 nitrogen and oxygen atoms in total. The van der Waals surface area contributed by atoms with Crippen LogP contribution in [0.3, 0.4) is 0 Å². The van der Waals surface area contributed by atoms with E-state index in [0.717, 1.165) is 48.2 Å². The maximum Gasteiger partial charge on any atom is 0.222 e. The van der Waals surface area contributed by atoms with E-state index in [0.29, 0.717) is 12.5 Å². The van der Waals surface area contributed by atoms with Crippen molar-refractivity contribution in [3.8, 4) is 11.4 Å². The lowest BCUT2D eigenvalue weighted by molar-refractivity contribution is -0.133. The van der Waals surface area contributed by atoms with E-state index in [4.69, 9.17) is 4.98 Å². The zero-order valence-corrected chi connectivity index (χ0v) is 21.8. The number of fused-ring (bicyclic) bond motifs is 3. The smallest absolute Gasteiger partial charge is 0.222 e. The number of rotatable bonds is 5. The predicted molar refractivity (Wildman–Crippen MR) is 142 cm³/mol. The quantitative estimate of drug-likeness (QED) is 0.424. The van der Waals surface area contributed by atoms with Gasteiger partial charge in [0.1, 0.15) is 5.82 Å². The maximum atomic E-state index is 13.5. The lowest BCUT2D eigenvalue weighted by Gasteiger charge is -2.40. The molecule has 0 aliphatic carbocycles. The summed E-state index contributed by atoms with van der Waals surface area (Å²) in [7, 11) is 0. The average Bonchev–Trinajstić information content (AvgIpc) is 3.50. The van der Waals surface area contributed by atoms with Gasteiger partial charge in [0.15, 0.2) is 0 Å². The van der Waals surface area contributed by atoms with Gasteiger partial charge < -0.3 is 14.4 Å². The van der Waals surface area contributed by atoms with Gasteiger partial charge in [-0.1, -0.05) is 58.7 Å². The number of carbonyl (C=O) groups excluding carboxylic acids is 1. The van der Waals surface area contributed by atoms with Gasteiger partial charge in [-0.05, 0) is 68.5 Å². The summed E-state index contributed by atoms with van der Waals surface area (Å²) < 4.78 is 3.35. The van der Waals surface area contributed by atoms with Crippen molar-refractivity contribution in [2.45, 2.75) is 56.5 Å². The Labute approximate surface area is 216 Å². The second-order valence-electron chi connectivity index (χ2n) is 10.2. The second kappa shape index (κ2) is 9.55. The molecule has 0 spiro atoms. The summed E-state index contributed by atoms with van der Waals surface area (Å²) in [5.74, 6) is 1.27. The van der Waals surface area contributed by atoms with E-state index in [1.54, 1.807) is 0 Å². The summed E-state index contributed by atoms with van der Waals surface area (Å²) >= 11 is 3.59. The molecule has 0 N–H and O–H groups in total. The van der Waals surface area contributed by atoms with E-state index in [9.17, 15) is 4.79 Å². The molecule has 3 aliphatic heterocycles. The number of piperidine rings is 2. The van der Waals surface area contributed by atoms with Crippen LogP contribution < -0.4 is 0 Å². The van der Waals surface area contributed by atoms with Gasteiger partial charge in [0.05, 0.1) is 5.54 Å². The van der Waals surface area contributed by atoms with E-state index >= 15 is 0 Å². The van der Waals surface area contributed by atoms with Crippen molar-refractivity contribution in [3.63, 3.8) is 0 Å². The van der Waals surface area contributed by atoms with Crippen LogP contribution in [-0.4, -0.2) is 57.5 Å². The maximum absolute atomic E-state index is 13.5. The van der Waals surface area contributed by atoms with Crippen molar-refractivity contribution in [3.05, 3.63) is 76.5 Å². The molecule has 2 aromatic carbocycles. The molecule has 2 saturated heterocycles. The van der Waals surface area contributed by atoms with Gasteiger partial charge in [0.2, 0.25) is 5.91 Å². The average molecular weight is 534 g/mol. The summed E-state index contributed by atoms with van der Waals surface area (Å²) in [6.45, 7) is 4.25. The highest BCUT2D eigenvalue weighted by Gasteiger charge is 2.45. The van der Waals surface area contributed by atoms with Crippen LogP contribution in [0.5, 0.6) is 0 Å². The summed E-state index contributed by atoms with van der Waals surface area (Å²) in [5, 5.41) is 0. The third-order valence-corrected chi connectivity index (χ3v) is 8.94. The van der Waals surface area contributed by atoms with Gasteiger partial charge in [0.25, 0.3) is 0 Å². The van der Waals surface area contributed by atoms with Crippen molar-refractivity contribution in [2.24, 2.45) is 0 Å². The fourth-order valence-electron chi connectivity index (χ4n) is 6.61. The first-order valence-corrected chi connectivity index (χ1v) is 13.9. The number of hydrogen-bond acceptors (Lipinski definition) is 3. The molecular weight excluding hydrogens is 500 g/mol. The summed E-state index contributed by atoms with van der Waals surface area (Å²) in [6, 6.07) is 17.8. The zero-order valence-electron chi connectivity index (χ0n) is 20.2. The van der Waals surface area contributed by atoms with Crippen LogP contribution in [0.1, 0.15) is 56.1 Å². The molecule has 1 aromatic heterocycles. The molecule has 182 valence electrons. The first-order valence-electron chi connectivity index (χ1n) is 13.1. The second-order valence-corrected chi connectivity index (χ2v) is 11.2. The molecule has 2 fully saturated rings. The summed E-state index contributed by atoms with van der Waals surface area (Å²) in [5.41, 5.74) is 3.17. The van der Waals surface area contributed by atoms with Crippen molar-refractivity contribution in [2.75, 3.05) is 26.2 Å². The Hall–Kier alpha value is -2.44. The third kappa shape index (κ3) is 4.05. The van der Waals surface area contributed by atoms with E-state index in [2.05, 4.69) is 85.0 Å². The summed E-state index contributed by atoms with van der Waals surface area (Å²) in [4.78, 5) is 23.0. The molecule has 6 rings (SSSR count). The van der Waals surface area contributed by atoms with Crippen molar-refractivity contribution < 1.29 is 4.79 Å². The minimum Gasteiger partial charge on any atom is -0.343 e. The third-order valence-electron chi connectivity index (χ3n) is 8.41. The molecule has 3 aliphatic rings. The number of benzene rings is 2. The van der Waals surface area contributed by atoms with Crippen LogP contribution in [0.15, 0.2) is 65.4 Å². The van der Waals surface area contributed by atoms with Gasteiger partial charge in [0, 0.05) is 48.0 Å². The fraction of sp³-hybridized carbons (Fsp3) is 0.448. The highest BCUT2D eigenvalue weighted by atomic mass is 79.9. The molecule has 35 heavy (non-hydrogen) atoms. The Balaban J connectivity index is 1.24. The van der Waals surface area contributed by atoms with Crippen molar-refractivity contribution in [1.82, 2.24) is 19.4 Å². The lowest BCUT2D eigenvalue weighted by Crippen LogP contribution is -2.48. The highest BCUT2D eigenvalue weighted by molar-refractivity contribution is 9.10. The molecule has 0 saturated carbocycles. The highest BCUT2D eigenvalue weighted by Crippen LogP contribution is 2.49. The van der Waals surface area contributed by atoms with Crippen LogP contribution in [0.4, 0.5) is 0 Å². The minimum atomic E-state index is -0.426. The molecule has 4 heterocycles. The monoisotopic (exact) mass is 532 g/mol. The SMILES string of the molecule is O=C(CCC1(c2ccc(Br)cc2)c2ccccc2-c2nccn21)N1CCC(N2CCCCC2)CC1. The molecule has 1 atom stereocenters. The Morgan fingerprint density at radius 3 is 2.49 bits per heavy atom. The number of hydrogen-bond donors (Lipinski definition) is 0. The Bertz CT molecular complexity index is 1190. The number of likely N-dealkylation sites (tertiary alicyclic amines) is 2. The van der Waals surface area contributed by atoms with Crippen LogP contribution >= 0.6 is 15.9 Å². The van der Waals surface area contributed by atoms with E-state index in [-0.39, 0.29) is 5.91 Å². The number of imidazole rings is 1. The number of halogens is 1. The van der Waals surface area contributed by atoms with E-state index in [1.165, 1.54) is 43.5 Å². The number of carbonyl (C=O) groups is 1. The molecule has 6 heteroatoms. The van der Waals surface area contributed by atoms with Crippen LogP contribution in [0, 0.1) is 0 Å². The minimum absolute atomic E-state index is 0.282. The topological polar surface area (TPSA) is 41.4 Å². The Morgan fingerprint density at radius 1 is 0.971 bits per heavy atom. The zero-order chi connectivity index (χ0) is 23.8. The molecule has 3 aromatic rings. The molecule has 1 amide bonds. The van der Waals surface area contributed by atoms with Crippen LogP contribution in [0.2, 0.25) is 0 Å². The Kier molecular flexibility index (Phi) is 6.27. The number of amides is 1. The summed E-state index contributed by atoms with van der Waals surface area (Å²) in [6.07, 6.45) is 11.4. The Morgan fingerprint density at radius 2 is 1.71 bits per heavy atom. The van der Waals surface area contributed by atoms with Crippen molar-refractivity contribution >= 4 is 21.8 Å².